The van der Waals surface area contributed by atoms with E-state index in [1.54, 1.807) is 0 Å². The fraction of sp³-hybridized carbons (Fsp3) is 0.812. The Balaban J connectivity index is 1.27. The average molecular weight is 413 g/mol. The second-order valence-corrected chi connectivity index (χ2v) is 9.35. The number of nitrogens with zero attached hydrogens (tertiary/aromatic N) is 4. The third kappa shape index (κ3) is 3.08. The summed E-state index contributed by atoms with van der Waals surface area (Å²) in [4.78, 5) is 14.0. The summed E-state index contributed by atoms with van der Waals surface area (Å²) in [5.41, 5.74) is 0.404. The van der Waals surface area contributed by atoms with Gasteiger partial charge in [0.1, 0.15) is 6.04 Å². The minimum absolute atomic E-state index is 0.268. The van der Waals surface area contributed by atoms with Crippen molar-refractivity contribution in [3.05, 3.63) is 11.8 Å². The molecule has 3 saturated heterocycles. The Labute approximate surface area is 162 Å². The number of rotatable bonds is 4. The number of carbonyl (C=O) groups excluding carboxylic acids is 1. The van der Waals surface area contributed by atoms with Gasteiger partial charge in [0.25, 0.3) is 0 Å². The molecule has 0 radical (unpaired) electrons. The Morgan fingerprint density at radius 3 is 2.61 bits per heavy atom. The Morgan fingerprint density at radius 1 is 1.18 bits per heavy atom. The van der Waals surface area contributed by atoms with Gasteiger partial charge < -0.3 is 14.6 Å². The maximum absolute atomic E-state index is 12.5. The number of hydroxylamine groups is 2. The molecular weight excluding hydrogens is 390 g/mol. The monoisotopic (exact) mass is 413 g/mol. The molecule has 3 aliphatic heterocycles. The first kappa shape index (κ1) is 18.3. The topological polar surface area (TPSA) is 138 Å². The lowest BCUT2D eigenvalue weighted by Gasteiger charge is -2.49. The van der Waals surface area contributed by atoms with Crippen molar-refractivity contribution in [3.8, 4) is 0 Å². The standard InChI is InChI=1S/C16H23N5O6S/c22-15-20-9-11(21(15)27-28(23,24)25)1-2-12(20)14-19-18-13(26-14)10-7-16(8-10)3-5-17-6-4-16/h10-12,17H,1-9H2,(H,23,24,25)/t11-,12+/m1/s1. The first-order chi connectivity index (χ1) is 13.3. The van der Waals surface area contributed by atoms with E-state index in [4.69, 9.17) is 8.97 Å². The van der Waals surface area contributed by atoms with Gasteiger partial charge in [0.2, 0.25) is 11.8 Å². The number of carbonyl (C=O) groups is 1. The van der Waals surface area contributed by atoms with Gasteiger partial charge in [-0.25, -0.2) is 4.79 Å². The SMILES string of the molecule is O=C1N2C[C@@H](CC[C@H]2c2nnc(C3CC4(CCNCC4)C3)o2)N1OS(=O)(=O)O. The zero-order valence-electron chi connectivity index (χ0n) is 15.3. The molecule has 154 valence electrons. The summed E-state index contributed by atoms with van der Waals surface area (Å²) in [7, 11) is -4.76. The summed E-state index contributed by atoms with van der Waals surface area (Å²) in [5, 5.41) is 12.5. The van der Waals surface area contributed by atoms with Gasteiger partial charge in [-0.15, -0.1) is 14.5 Å². The van der Waals surface area contributed by atoms with Gasteiger partial charge >= 0.3 is 16.4 Å². The van der Waals surface area contributed by atoms with Crippen molar-refractivity contribution in [2.24, 2.45) is 5.41 Å². The number of hydrogen-bond donors (Lipinski definition) is 2. The third-order valence-corrected chi connectivity index (χ3v) is 6.96. The van der Waals surface area contributed by atoms with E-state index in [2.05, 4.69) is 19.8 Å². The highest BCUT2D eigenvalue weighted by atomic mass is 32.3. The van der Waals surface area contributed by atoms with Crippen LogP contribution in [0.3, 0.4) is 0 Å². The lowest BCUT2D eigenvalue weighted by Crippen LogP contribution is -2.44. The van der Waals surface area contributed by atoms with Gasteiger partial charge in [-0.05, 0) is 57.0 Å². The maximum Gasteiger partial charge on any atom is 0.418 e. The Hall–Kier alpha value is -1.76. The quantitative estimate of drug-likeness (QED) is 0.692. The molecule has 2 atom stereocenters. The van der Waals surface area contributed by atoms with Crippen LogP contribution in [0.4, 0.5) is 4.79 Å². The van der Waals surface area contributed by atoms with E-state index in [0.717, 1.165) is 31.0 Å². The number of aromatic nitrogens is 2. The highest BCUT2D eigenvalue weighted by Crippen LogP contribution is 2.55. The Morgan fingerprint density at radius 2 is 1.89 bits per heavy atom. The molecule has 1 spiro atoms. The van der Waals surface area contributed by atoms with Crippen molar-refractivity contribution in [2.45, 2.75) is 56.5 Å². The van der Waals surface area contributed by atoms with Gasteiger partial charge in [-0.2, -0.15) is 13.5 Å². The summed E-state index contributed by atoms with van der Waals surface area (Å²) in [6, 6.07) is -1.46. The molecule has 4 aliphatic rings. The Kier molecular flexibility index (Phi) is 4.16. The van der Waals surface area contributed by atoms with Crippen molar-refractivity contribution in [3.63, 3.8) is 0 Å². The fourth-order valence-corrected chi connectivity index (χ4v) is 5.55. The van der Waals surface area contributed by atoms with Crippen LogP contribution in [0.2, 0.25) is 0 Å². The highest BCUT2D eigenvalue weighted by molar-refractivity contribution is 7.80. The fourth-order valence-electron chi connectivity index (χ4n) is 5.16. The van der Waals surface area contributed by atoms with E-state index >= 15 is 0 Å². The van der Waals surface area contributed by atoms with Crippen LogP contribution >= 0.6 is 0 Å². The first-order valence-electron chi connectivity index (χ1n) is 9.64. The number of nitrogens with one attached hydrogen (secondary N) is 1. The lowest BCUT2D eigenvalue weighted by molar-refractivity contribution is -0.0317. The molecule has 1 aromatic rings. The molecule has 2 bridgehead atoms. The molecule has 1 aromatic heterocycles. The van der Waals surface area contributed by atoms with Crippen LogP contribution in [-0.2, 0) is 14.7 Å². The number of amides is 2. The van der Waals surface area contributed by atoms with Crippen LogP contribution in [-0.4, -0.2) is 64.8 Å². The van der Waals surface area contributed by atoms with Crippen molar-refractivity contribution in [1.82, 2.24) is 25.5 Å². The summed E-state index contributed by atoms with van der Waals surface area (Å²) in [5.74, 6) is 1.27. The van der Waals surface area contributed by atoms with Crippen LogP contribution in [0, 0.1) is 5.41 Å². The second kappa shape index (κ2) is 6.37. The van der Waals surface area contributed by atoms with Crippen LogP contribution in [0.15, 0.2) is 4.42 Å². The van der Waals surface area contributed by atoms with Crippen LogP contribution < -0.4 is 5.32 Å². The number of urea groups is 1. The molecule has 28 heavy (non-hydrogen) atoms. The molecule has 0 unspecified atom stereocenters. The zero-order chi connectivity index (χ0) is 19.5. The molecule has 2 amide bonds. The predicted molar refractivity (Wildman–Crippen MR) is 93.1 cm³/mol. The molecule has 1 saturated carbocycles. The van der Waals surface area contributed by atoms with E-state index in [1.165, 1.54) is 17.7 Å². The van der Waals surface area contributed by atoms with Crippen LogP contribution in [0.1, 0.15) is 62.3 Å². The van der Waals surface area contributed by atoms with Crippen LogP contribution in [0.5, 0.6) is 0 Å². The summed E-state index contributed by atoms with van der Waals surface area (Å²) in [6.07, 6.45) is 5.55. The largest absolute Gasteiger partial charge is 0.423 e. The Bertz CT molecular complexity index is 874. The van der Waals surface area contributed by atoms with E-state index < -0.39 is 28.5 Å². The first-order valence-corrected chi connectivity index (χ1v) is 11.0. The van der Waals surface area contributed by atoms with Gasteiger partial charge in [0.15, 0.2) is 0 Å². The molecule has 1 aliphatic carbocycles. The highest BCUT2D eigenvalue weighted by Gasteiger charge is 2.50. The number of fused-ring (bicyclic) bond motifs is 2. The molecule has 2 N–H and O–H groups in total. The molecule has 11 nitrogen and oxygen atoms in total. The molecular formula is C16H23N5O6S. The van der Waals surface area contributed by atoms with E-state index in [9.17, 15) is 13.2 Å². The lowest BCUT2D eigenvalue weighted by atomic mass is 9.58. The summed E-state index contributed by atoms with van der Waals surface area (Å²) in [6.45, 7) is 2.41. The van der Waals surface area contributed by atoms with Crippen molar-refractivity contribution in [2.75, 3.05) is 19.6 Å². The minimum atomic E-state index is -4.76. The van der Waals surface area contributed by atoms with E-state index in [0.29, 0.717) is 30.0 Å². The molecule has 12 heteroatoms. The summed E-state index contributed by atoms with van der Waals surface area (Å²) >= 11 is 0. The van der Waals surface area contributed by atoms with Gasteiger partial charge in [0.05, 0.1) is 6.04 Å². The zero-order valence-corrected chi connectivity index (χ0v) is 16.1. The minimum Gasteiger partial charge on any atom is -0.423 e. The smallest absolute Gasteiger partial charge is 0.418 e. The maximum atomic E-state index is 12.5. The average Bonchev–Trinajstić information content (AvgIpc) is 3.20. The van der Waals surface area contributed by atoms with Crippen molar-refractivity contribution in [1.29, 1.82) is 0 Å². The molecule has 4 heterocycles. The van der Waals surface area contributed by atoms with E-state index in [1.807, 2.05) is 0 Å². The van der Waals surface area contributed by atoms with Gasteiger partial charge in [-0.1, -0.05) is 0 Å². The molecule has 4 fully saturated rings. The normalized spacial score (nSPS) is 30.1. The van der Waals surface area contributed by atoms with Gasteiger partial charge in [0, 0.05) is 12.5 Å². The van der Waals surface area contributed by atoms with Crippen molar-refractivity contribution < 1.29 is 26.5 Å². The number of hydrogen-bond acceptors (Lipinski definition) is 8. The van der Waals surface area contributed by atoms with E-state index in [-0.39, 0.29) is 12.5 Å². The van der Waals surface area contributed by atoms with Gasteiger partial charge in [-0.3, -0.25) is 4.55 Å². The summed E-state index contributed by atoms with van der Waals surface area (Å²) < 4.78 is 41.3. The van der Waals surface area contributed by atoms with Crippen molar-refractivity contribution >= 4 is 16.4 Å². The third-order valence-electron chi connectivity index (χ3n) is 6.61. The number of piperidine rings is 2. The van der Waals surface area contributed by atoms with Crippen LogP contribution in [0.25, 0.3) is 0 Å². The molecule has 0 aromatic carbocycles. The molecule has 5 rings (SSSR count). The predicted octanol–water partition coefficient (Wildman–Crippen LogP) is 0.992. The second-order valence-electron chi connectivity index (χ2n) is 8.34.